The van der Waals surface area contributed by atoms with E-state index in [1.807, 2.05) is 6.07 Å². The zero-order valence-electron chi connectivity index (χ0n) is 10.5. The van der Waals surface area contributed by atoms with Gasteiger partial charge in [0.15, 0.2) is 0 Å². The predicted molar refractivity (Wildman–Crippen MR) is 75.0 cm³/mol. The molecular weight excluding hydrogens is 284 g/mol. The second-order valence-electron chi connectivity index (χ2n) is 5.55. The van der Waals surface area contributed by atoms with Gasteiger partial charge in [0.1, 0.15) is 0 Å². The van der Waals surface area contributed by atoms with E-state index in [0.717, 1.165) is 17.3 Å². The predicted octanol–water partition coefficient (Wildman–Crippen LogP) is 4.49. The SMILES string of the molecule is CC(CC(O)Cc1sccc1Br)C(C)(C)C. The van der Waals surface area contributed by atoms with E-state index in [9.17, 15) is 5.11 Å². The van der Waals surface area contributed by atoms with Crippen LogP contribution in [0.15, 0.2) is 15.9 Å². The van der Waals surface area contributed by atoms with Gasteiger partial charge in [0.2, 0.25) is 0 Å². The highest BCUT2D eigenvalue weighted by molar-refractivity contribution is 9.10. The van der Waals surface area contributed by atoms with Crippen molar-refractivity contribution in [3.8, 4) is 0 Å². The second kappa shape index (κ2) is 5.65. The highest BCUT2D eigenvalue weighted by atomic mass is 79.9. The van der Waals surface area contributed by atoms with Gasteiger partial charge in [0.25, 0.3) is 0 Å². The van der Waals surface area contributed by atoms with Gasteiger partial charge in [-0.25, -0.2) is 0 Å². The van der Waals surface area contributed by atoms with Gasteiger partial charge in [0.05, 0.1) is 6.10 Å². The summed E-state index contributed by atoms with van der Waals surface area (Å²) in [7, 11) is 0. The van der Waals surface area contributed by atoms with E-state index in [4.69, 9.17) is 0 Å². The molecule has 16 heavy (non-hydrogen) atoms. The van der Waals surface area contributed by atoms with E-state index in [1.54, 1.807) is 11.3 Å². The quantitative estimate of drug-likeness (QED) is 0.869. The number of rotatable bonds is 4. The molecule has 0 aliphatic heterocycles. The lowest BCUT2D eigenvalue weighted by Gasteiger charge is -2.29. The lowest BCUT2D eigenvalue weighted by molar-refractivity contribution is 0.111. The molecule has 0 fully saturated rings. The van der Waals surface area contributed by atoms with E-state index in [1.165, 1.54) is 4.88 Å². The van der Waals surface area contributed by atoms with Crippen LogP contribution in [-0.4, -0.2) is 11.2 Å². The van der Waals surface area contributed by atoms with E-state index in [2.05, 4.69) is 49.0 Å². The molecule has 0 spiro atoms. The van der Waals surface area contributed by atoms with Gasteiger partial charge in [-0.1, -0.05) is 27.7 Å². The lowest BCUT2D eigenvalue weighted by atomic mass is 9.78. The summed E-state index contributed by atoms with van der Waals surface area (Å²) in [5.41, 5.74) is 0.271. The van der Waals surface area contributed by atoms with Crippen LogP contribution < -0.4 is 0 Å². The first-order valence-corrected chi connectivity index (χ1v) is 7.38. The normalized spacial score (nSPS) is 16.1. The summed E-state index contributed by atoms with van der Waals surface area (Å²) in [5.74, 6) is 0.529. The number of hydrogen-bond donors (Lipinski definition) is 1. The Morgan fingerprint density at radius 2 is 2.06 bits per heavy atom. The topological polar surface area (TPSA) is 20.2 Å². The Hall–Kier alpha value is 0.140. The summed E-state index contributed by atoms with van der Waals surface area (Å²) in [5, 5.41) is 12.1. The molecule has 0 saturated heterocycles. The molecule has 0 radical (unpaired) electrons. The van der Waals surface area contributed by atoms with Crippen molar-refractivity contribution in [2.24, 2.45) is 11.3 Å². The number of thiophene rings is 1. The molecule has 1 rings (SSSR count). The standard InChI is InChI=1S/C13H21BrOS/c1-9(13(2,3)4)7-10(15)8-12-11(14)5-6-16-12/h5-6,9-10,15H,7-8H2,1-4H3. The Bertz CT molecular complexity index is 327. The highest BCUT2D eigenvalue weighted by Gasteiger charge is 2.23. The molecule has 1 heterocycles. The van der Waals surface area contributed by atoms with Crippen LogP contribution >= 0.6 is 27.3 Å². The minimum Gasteiger partial charge on any atom is -0.393 e. The van der Waals surface area contributed by atoms with Gasteiger partial charge in [-0.3, -0.25) is 0 Å². The molecule has 0 aliphatic rings. The summed E-state index contributed by atoms with van der Waals surface area (Å²) in [6, 6.07) is 2.04. The maximum absolute atomic E-state index is 10.1. The van der Waals surface area contributed by atoms with Crippen LogP contribution in [0.4, 0.5) is 0 Å². The molecule has 1 N–H and O–H groups in total. The molecule has 0 aromatic carbocycles. The molecule has 0 saturated carbocycles. The van der Waals surface area contributed by atoms with Crippen LogP contribution in [0.2, 0.25) is 0 Å². The molecule has 1 aromatic heterocycles. The zero-order chi connectivity index (χ0) is 12.3. The van der Waals surface area contributed by atoms with Crippen molar-refractivity contribution in [2.45, 2.75) is 46.6 Å². The van der Waals surface area contributed by atoms with E-state index >= 15 is 0 Å². The monoisotopic (exact) mass is 304 g/mol. The van der Waals surface area contributed by atoms with Crippen LogP contribution in [-0.2, 0) is 6.42 Å². The average molecular weight is 305 g/mol. The number of aliphatic hydroxyl groups is 1. The third-order valence-corrected chi connectivity index (χ3v) is 5.16. The van der Waals surface area contributed by atoms with Crippen LogP contribution in [0.1, 0.15) is 39.0 Å². The minimum atomic E-state index is -0.232. The highest BCUT2D eigenvalue weighted by Crippen LogP contribution is 2.31. The van der Waals surface area contributed by atoms with Gasteiger partial charge < -0.3 is 5.11 Å². The molecule has 1 nitrogen and oxygen atoms in total. The molecule has 1 aromatic rings. The number of halogens is 1. The first-order valence-electron chi connectivity index (χ1n) is 5.70. The smallest absolute Gasteiger partial charge is 0.0591 e. The van der Waals surface area contributed by atoms with Crippen molar-refractivity contribution in [1.29, 1.82) is 0 Å². The molecule has 2 unspecified atom stereocenters. The van der Waals surface area contributed by atoms with Crippen molar-refractivity contribution < 1.29 is 5.11 Å². The maximum Gasteiger partial charge on any atom is 0.0591 e. The van der Waals surface area contributed by atoms with Crippen molar-refractivity contribution in [3.05, 3.63) is 20.8 Å². The Kier molecular flexibility index (Phi) is 5.02. The van der Waals surface area contributed by atoms with Crippen molar-refractivity contribution in [2.75, 3.05) is 0 Å². The van der Waals surface area contributed by atoms with Crippen LogP contribution in [0.5, 0.6) is 0 Å². The molecule has 0 bridgehead atoms. The van der Waals surface area contributed by atoms with E-state index < -0.39 is 0 Å². The number of aliphatic hydroxyl groups excluding tert-OH is 1. The summed E-state index contributed by atoms with van der Waals surface area (Å²) >= 11 is 5.21. The van der Waals surface area contributed by atoms with Crippen molar-refractivity contribution in [1.82, 2.24) is 0 Å². The third-order valence-electron chi connectivity index (χ3n) is 3.22. The lowest BCUT2D eigenvalue weighted by Crippen LogP contribution is -2.23. The summed E-state index contributed by atoms with van der Waals surface area (Å²) in [4.78, 5) is 1.24. The molecule has 0 amide bonds. The zero-order valence-corrected chi connectivity index (χ0v) is 12.9. The van der Waals surface area contributed by atoms with E-state index in [-0.39, 0.29) is 11.5 Å². The molecule has 3 heteroatoms. The fourth-order valence-electron chi connectivity index (χ4n) is 1.53. The average Bonchev–Trinajstić information content (AvgIpc) is 2.50. The van der Waals surface area contributed by atoms with Gasteiger partial charge in [-0.05, 0) is 45.1 Å². The fourth-order valence-corrected chi connectivity index (χ4v) is 3.12. The van der Waals surface area contributed by atoms with Crippen LogP contribution in [0.25, 0.3) is 0 Å². The first-order chi connectivity index (χ1) is 7.30. The molecule has 92 valence electrons. The van der Waals surface area contributed by atoms with Gasteiger partial charge in [-0.2, -0.15) is 0 Å². The summed E-state index contributed by atoms with van der Waals surface area (Å²) in [6.07, 6.45) is 1.40. The molecule has 0 aliphatic carbocycles. The first kappa shape index (κ1) is 14.2. The summed E-state index contributed by atoms with van der Waals surface area (Å²) in [6.45, 7) is 8.90. The van der Waals surface area contributed by atoms with Crippen molar-refractivity contribution >= 4 is 27.3 Å². The van der Waals surface area contributed by atoms with Crippen molar-refractivity contribution in [3.63, 3.8) is 0 Å². The Morgan fingerprint density at radius 1 is 1.44 bits per heavy atom. The minimum absolute atomic E-state index is 0.232. The van der Waals surface area contributed by atoms with E-state index in [0.29, 0.717) is 5.92 Å². The van der Waals surface area contributed by atoms with Gasteiger partial charge in [-0.15, -0.1) is 11.3 Å². The number of hydrogen-bond acceptors (Lipinski definition) is 2. The largest absolute Gasteiger partial charge is 0.393 e. The maximum atomic E-state index is 10.1. The van der Waals surface area contributed by atoms with Gasteiger partial charge in [0, 0.05) is 15.8 Å². The Labute approximate surface area is 111 Å². The van der Waals surface area contributed by atoms with Crippen LogP contribution in [0, 0.1) is 11.3 Å². The van der Waals surface area contributed by atoms with Gasteiger partial charge >= 0.3 is 0 Å². The molecular formula is C13H21BrOS. The Balaban J connectivity index is 2.48. The summed E-state index contributed by atoms with van der Waals surface area (Å²) < 4.78 is 1.12. The molecule has 2 atom stereocenters. The third kappa shape index (κ3) is 4.19. The fraction of sp³-hybridized carbons (Fsp3) is 0.692. The second-order valence-corrected chi connectivity index (χ2v) is 7.41. The van der Waals surface area contributed by atoms with Crippen LogP contribution in [0.3, 0.4) is 0 Å². The Morgan fingerprint density at radius 3 is 2.50 bits per heavy atom.